The molecule has 31 heavy (non-hydrogen) atoms. The SMILES string of the molecule is CCCCN(C)C(=O)c1cc(NS(=O)(=O)c2ccccc2F)ccc1N1CCNCC1. The first-order valence-corrected chi connectivity index (χ1v) is 11.9. The summed E-state index contributed by atoms with van der Waals surface area (Å²) in [6.45, 7) is 5.78. The third kappa shape index (κ3) is 5.54. The van der Waals surface area contributed by atoms with E-state index in [4.69, 9.17) is 0 Å². The van der Waals surface area contributed by atoms with Crippen LogP contribution in [0.1, 0.15) is 30.1 Å². The van der Waals surface area contributed by atoms with Crippen molar-refractivity contribution in [2.75, 3.05) is 49.4 Å². The highest BCUT2D eigenvalue weighted by Crippen LogP contribution is 2.28. The minimum absolute atomic E-state index is 0.172. The van der Waals surface area contributed by atoms with Crippen LogP contribution < -0.4 is 14.9 Å². The van der Waals surface area contributed by atoms with E-state index in [1.807, 2.05) is 0 Å². The van der Waals surface area contributed by atoms with Crippen molar-refractivity contribution < 1.29 is 17.6 Å². The highest BCUT2D eigenvalue weighted by atomic mass is 32.2. The lowest BCUT2D eigenvalue weighted by Crippen LogP contribution is -2.44. The zero-order valence-corrected chi connectivity index (χ0v) is 18.7. The van der Waals surface area contributed by atoms with Gasteiger partial charge in [-0.1, -0.05) is 25.5 Å². The topological polar surface area (TPSA) is 81.8 Å². The van der Waals surface area contributed by atoms with Gasteiger partial charge >= 0.3 is 0 Å². The Morgan fingerprint density at radius 3 is 2.58 bits per heavy atom. The Morgan fingerprint density at radius 2 is 1.90 bits per heavy atom. The van der Waals surface area contributed by atoms with Gasteiger partial charge < -0.3 is 15.1 Å². The van der Waals surface area contributed by atoms with Gasteiger partial charge in [-0.05, 0) is 36.8 Å². The number of rotatable bonds is 8. The maximum atomic E-state index is 14.0. The fourth-order valence-electron chi connectivity index (χ4n) is 3.53. The Balaban J connectivity index is 1.95. The Morgan fingerprint density at radius 1 is 1.19 bits per heavy atom. The first-order chi connectivity index (χ1) is 14.8. The fourth-order valence-corrected chi connectivity index (χ4v) is 4.66. The Kier molecular flexibility index (Phi) is 7.50. The number of amides is 1. The van der Waals surface area contributed by atoms with Crippen LogP contribution in [0.5, 0.6) is 0 Å². The molecule has 1 aliphatic rings. The number of nitrogens with zero attached hydrogens (tertiary/aromatic N) is 2. The fraction of sp³-hybridized carbons (Fsp3) is 0.409. The predicted octanol–water partition coefficient (Wildman–Crippen LogP) is 2.91. The van der Waals surface area contributed by atoms with Crippen molar-refractivity contribution in [2.45, 2.75) is 24.7 Å². The molecule has 0 atom stereocenters. The molecule has 1 aliphatic heterocycles. The molecular weight excluding hydrogens is 419 g/mol. The normalized spacial score (nSPS) is 14.4. The van der Waals surface area contributed by atoms with Crippen LogP contribution in [0.2, 0.25) is 0 Å². The number of carbonyl (C=O) groups is 1. The highest BCUT2D eigenvalue weighted by molar-refractivity contribution is 7.92. The molecule has 1 fully saturated rings. The van der Waals surface area contributed by atoms with Crippen molar-refractivity contribution in [1.82, 2.24) is 10.2 Å². The van der Waals surface area contributed by atoms with E-state index in [0.717, 1.165) is 50.8 Å². The van der Waals surface area contributed by atoms with Crippen LogP contribution in [0.3, 0.4) is 0 Å². The summed E-state index contributed by atoms with van der Waals surface area (Å²) < 4.78 is 41.8. The van der Waals surface area contributed by atoms with Crippen molar-refractivity contribution in [3.05, 3.63) is 53.8 Å². The molecule has 0 bridgehead atoms. The van der Waals surface area contributed by atoms with E-state index >= 15 is 0 Å². The van der Waals surface area contributed by atoms with Crippen molar-refractivity contribution in [1.29, 1.82) is 0 Å². The minimum atomic E-state index is -4.13. The second-order valence-corrected chi connectivity index (χ2v) is 9.24. The summed E-state index contributed by atoms with van der Waals surface area (Å²) in [5.41, 5.74) is 1.41. The number of hydrogen-bond donors (Lipinski definition) is 2. The second-order valence-electron chi connectivity index (χ2n) is 7.59. The molecule has 2 aromatic rings. The lowest BCUT2D eigenvalue weighted by molar-refractivity contribution is 0.0794. The average molecular weight is 449 g/mol. The monoisotopic (exact) mass is 448 g/mol. The van der Waals surface area contributed by atoms with E-state index in [9.17, 15) is 17.6 Å². The molecule has 9 heteroatoms. The lowest BCUT2D eigenvalue weighted by Gasteiger charge is -2.32. The summed E-state index contributed by atoms with van der Waals surface area (Å²) in [7, 11) is -2.39. The van der Waals surface area contributed by atoms with Crippen LogP contribution in [-0.4, -0.2) is 59.0 Å². The van der Waals surface area contributed by atoms with Gasteiger partial charge in [0.15, 0.2) is 0 Å². The molecule has 0 aromatic heterocycles. The zero-order chi connectivity index (χ0) is 22.4. The van der Waals surface area contributed by atoms with Crippen LogP contribution in [0, 0.1) is 5.82 Å². The summed E-state index contributed by atoms with van der Waals surface area (Å²) in [5.74, 6) is -1.00. The molecule has 2 N–H and O–H groups in total. The van der Waals surface area contributed by atoms with E-state index in [2.05, 4.69) is 21.9 Å². The molecule has 0 saturated carbocycles. The number of nitrogens with one attached hydrogen (secondary N) is 2. The number of sulfonamides is 1. The smallest absolute Gasteiger partial charge is 0.264 e. The number of anilines is 2. The highest BCUT2D eigenvalue weighted by Gasteiger charge is 2.24. The van der Waals surface area contributed by atoms with Crippen LogP contribution in [0.25, 0.3) is 0 Å². The molecule has 0 aliphatic carbocycles. The first kappa shape index (κ1) is 23.0. The van der Waals surface area contributed by atoms with Crippen LogP contribution in [-0.2, 0) is 10.0 Å². The molecule has 7 nitrogen and oxygen atoms in total. The molecule has 1 saturated heterocycles. The Bertz CT molecular complexity index is 1020. The predicted molar refractivity (Wildman–Crippen MR) is 121 cm³/mol. The summed E-state index contributed by atoms with van der Waals surface area (Å²) in [4.78, 5) is 16.5. The summed E-state index contributed by atoms with van der Waals surface area (Å²) in [6, 6.07) is 10.1. The van der Waals surface area contributed by atoms with E-state index in [-0.39, 0.29) is 11.6 Å². The van der Waals surface area contributed by atoms with Gasteiger partial charge in [-0.3, -0.25) is 9.52 Å². The first-order valence-electron chi connectivity index (χ1n) is 10.5. The van der Waals surface area contributed by atoms with Crippen molar-refractivity contribution in [3.8, 4) is 0 Å². The summed E-state index contributed by atoms with van der Waals surface area (Å²) in [5, 5.41) is 3.29. The molecule has 0 spiro atoms. The number of benzene rings is 2. The third-order valence-corrected chi connectivity index (χ3v) is 6.67. The minimum Gasteiger partial charge on any atom is -0.368 e. The van der Waals surface area contributed by atoms with Gasteiger partial charge in [0.25, 0.3) is 15.9 Å². The number of hydrogen-bond acceptors (Lipinski definition) is 5. The van der Waals surface area contributed by atoms with Gasteiger partial charge in [-0.15, -0.1) is 0 Å². The molecule has 1 heterocycles. The van der Waals surface area contributed by atoms with Crippen molar-refractivity contribution >= 4 is 27.3 Å². The molecule has 0 radical (unpaired) electrons. The maximum absolute atomic E-state index is 14.0. The largest absolute Gasteiger partial charge is 0.368 e. The van der Waals surface area contributed by atoms with E-state index < -0.39 is 20.7 Å². The number of piperazine rings is 1. The van der Waals surface area contributed by atoms with Gasteiger partial charge in [-0.25, -0.2) is 12.8 Å². The molecule has 0 unspecified atom stereocenters. The van der Waals surface area contributed by atoms with Crippen molar-refractivity contribution in [2.24, 2.45) is 0 Å². The average Bonchev–Trinajstić information content (AvgIpc) is 2.77. The van der Waals surface area contributed by atoms with Crippen LogP contribution in [0.15, 0.2) is 47.4 Å². The third-order valence-electron chi connectivity index (χ3n) is 5.26. The lowest BCUT2D eigenvalue weighted by atomic mass is 10.1. The van der Waals surface area contributed by atoms with Crippen molar-refractivity contribution in [3.63, 3.8) is 0 Å². The van der Waals surface area contributed by atoms with Gasteiger partial charge in [0.05, 0.1) is 5.56 Å². The van der Waals surface area contributed by atoms with Gasteiger partial charge in [-0.2, -0.15) is 0 Å². The van der Waals surface area contributed by atoms with Gasteiger partial charge in [0, 0.05) is 51.1 Å². The molecule has 3 rings (SSSR count). The molecule has 1 amide bonds. The van der Waals surface area contributed by atoms with E-state index in [1.54, 1.807) is 30.1 Å². The molecular formula is C22H29FN4O3S. The number of halogens is 1. The zero-order valence-electron chi connectivity index (χ0n) is 17.9. The summed E-state index contributed by atoms with van der Waals surface area (Å²) in [6.07, 6.45) is 1.84. The molecule has 2 aromatic carbocycles. The quantitative estimate of drug-likeness (QED) is 0.649. The summed E-state index contributed by atoms with van der Waals surface area (Å²) >= 11 is 0. The number of unbranched alkanes of at least 4 members (excludes halogenated alkanes) is 1. The Labute approximate surface area is 183 Å². The standard InChI is InChI=1S/C22H29FN4O3S/c1-3-4-13-26(2)22(28)18-16-17(9-10-20(18)27-14-11-24-12-15-27)25-31(29,30)21-8-6-5-7-19(21)23/h5-10,16,24-25H,3-4,11-15H2,1-2H3. The Hall–Kier alpha value is -2.65. The maximum Gasteiger partial charge on any atom is 0.264 e. The van der Waals surface area contributed by atoms with E-state index in [0.29, 0.717) is 12.1 Å². The molecule has 168 valence electrons. The van der Waals surface area contributed by atoms with Gasteiger partial charge in [0.1, 0.15) is 10.7 Å². The van der Waals surface area contributed by atoms with E-state index in [1.165, 1.54) is 18.2 Å². The second kappa shape index (κ2) is 10.1. The van der Waals surface area contributed by atoms with Crippen LogP contribution >= 0.6 is 0 Å². The number of carbonyl (C=O) groups excluding carboxylic acids is 1. The van der Waals surface area contributed by atoms with Gasteiger partial charge in [0.2, 0.25) is 0 Å². The van der Waals surface area contributed by atoms with Crippen LogP contribution in [0.4, 0.5) is 15.8 Å².